The molecular weight excluding hydrogens is 206 g/mol. The van der Waals surface area contributed by atoms with E-state index >= 15 is 0 Å². The van der Waals surface area contributed by atoms with Gasteiger partial charge in [-0.05, 0) is 29.8 Å². The van der Waals surface area contributed by atoms with Crippen LogP contribution in [0.2, 0.25) is 0 Å². The fraction of sp³-hybridized carbons (Fsp3) is 0.273. The maximum atomic E-state index is 5.08. The molecule has 2 rings (SSSR count). The fourth-order valence-electron chi connectivity index (χ4n) is 1.32. The van der Waals surface area contributed by atoms with E-state index < -0.39 is 0 Å². The first-order valence-corrected chi connectivity index (χ1v) is 4.95. The fourth-order valence-corrected chi connectivity index (χ4v) is 1.32. The van der Waals surface area contributed by atoms with Crippen molar-refractivity contribution in [3.8, 4) is 5.75 Å². The van der Waals surface area contributed by atoms with Crippen molar-refractivity contribution in [1.29, 1.82) is 0 Å². The van der Waals surface area contributed by atoms with Crippen molar-refractivity contribution >= 4 is 5.82 Å². The molecule has 2 aromatic rings. The number of aryl methyl sites for hydroxylation is 1. The van der Waals surface area contributed by atoms with Crippen LogP contribution in [0.5, 0.6) is 5.75 Å². The van der Waals surface area contributed by atoms with E-state index in [-0.39, 0.29) is 0 Å². The zero-order chi connectivity index (χ0) is 11.4. The summed E-state index contributed by atoms with van der Waals surface area (Å²) < 4.78 is 9.67. The van der Waals surface area contributed by atoms with E-state index in [0.29, 0.717) is 12.4 Å². The largest absolute Gasteiger partial charge is 0.497 e. The van der Waals surface area contributed by atoms with Crippen LogP contribution in [0.1, 0.15) is 11.3 Å². The molecule has 1 aromatic heterocycles. The van der Waals surface area contributed by atoms with E-state index in [4.69, 9.17) is 4.74 Å². The number of nitrogens with zero attached hydrogens (tertiary/aromatic N) is 2. The summed E-state index contributed by atoms with van der Waals surface area (Å²) in [6.07, 6.45) is 0. The summed E-state index contributed by atoms with van der Waals surface area (Å²) in [5.41, 5.74) is 1.90. The molecule has 0 spiro atoms. The number of benzene rings is 1. The molecule has 0 bridgehead atoms. The lowest BCUT2D eigenvalue weighted by Crippen LogP contribution is -2.00. The molecule has 0 unspecified atom stereocenters. The minimum absolute atomic E-state index is 0.677. The number of rotatable bonds is 4. The Balaban J connectivity index is 1.97. The van der Waals surface area contributed by atoms with E-state index in [9.17, 15) is 0 Å². The average molecular weight is 219 g/mol. The zero-order valence-electron chi connectivity index (χ0n) is 9.23. The number of ether oxygens (including phenoxy) is 1. The summed E-state index contributed by atoms with van der Waals surface area (Å²) in [7, 11) is 1.65. The first-order chi connectivity index (χ1) is 7.79. The van der Waals surface area contributed by atoms with Crippen LogP contribution < -0.4 is 10.1 Å². The smallest absolute Gasteiger partial charge is 0.194 e. The molecule has 5 heteroatoms. The second kappa shape index (κ2) is 4.65. The van der Waals surface area contributed by atoms with Crippen molar-refractivity contribution in [2.24, 2.45) is 0 Å². The number of aromatic nitrogens is 2. The van der Waals surface area contributed by atoms with Gasteiger partial charge in [0.25, 0.3) is 0 Å². The Labute approximate surface area is 93.4 Å². The summed E-state index contributed by atoms with van der Waals surface area (Å²) in [4.78, 5) is 0. The first kappa shape index (κ1) is 10.5. The van der Waals surface area contributed by atoms with E-state index in [1.165, 1.54) is 0 Å². The third-order valence-corrected chi connectivity index (χ3v) is 2.27. The highest BCUT2D eigenvalue weighted by molar-refractivity contribution is 5.38. The molecule has 0 fully saturated rings. The van der Waals surface area contributed by atoms with Gasteiger partial charge in [0, 0.05) is 6.54 Å². The molecule has 84 valence electrons. The van der Waals surface area contributed by atoms with Crippen LogP contribution in [0.15, 0.2) is 28.9 Å². The van der Waals surface area contributed by atoms with Gasteiger partial charge in [-0.2, -0.15) is 0 Å². The molecule has 0 amide bonds. The van der Waals surface area contributed by atoms with E-state index in [1.54, 1.807) is 7.11 Å². The topological polar surface area (TPSA) is 60.2 Å². The molecule has 0 saturated heterocycles. The highest BCUT2D eigenvalue weighted by atomic mass is 16.6. The third kappa shape index (κ3) is 2.31. The van der Waals surface area contributed by atoms with Crippen LogP contribution in [-0.4, -0.2) is 17.4 Å². The monoisotopic (exact) mass is 219 g/mol. The SMILES string of the molecule is COc1ccc(CNc2nonc2C)cc1. The third-order valence-electron chi connectivity index (χ3n) is 2.27. The molecule has 5 nitrogen and oxygen atoms in total. The Bertz CT molecular complexity index is 451. The lowest BCUT2D eigenvalue weighted by molar-refractivity contribution is 0.306. The van der Waals surface area contributed by atoms with Crippen LogP contribution in [0.3, 0.4) is 0 Å². The highest BCUT2D eigenvalue weighted by Crippen LogP contribution is 2.13. The zero-order valence-corrected chi connectivity index (χ0v) is 9.23. The number of hydrogen-bond acceptors (Lipinski definition) is 5. The van der Waals surface area contributed by atoms with Gasteiger partial charge in [0.05, 0.1) is 7.11 Å². The summed E-state index contributed by atoms with van der Waals surface area (Å²) in [6.45, 7) is 2.52. The number of nitrogens with one attached hydrogen (secondary N) is 1. The minimum Gasteiger partial charge on any atom is -0.497 e. The summed E-state index contributed by atoms with van der Waals surface area (Å²) in [5.74, 6) is 1.53. The Hall–Kier alpha value is -2.04. The second-order valence-corrected chi connectivity index (χ2v) is 3.40. The van der Waals surface area contributed by atoms with Crippen molar-refractivity contribution in [3.05, 3.63) is 35.5 Å². The van der Waals surface area contributed by atoms with Gasteiger partial charge in [-0.3, -0.25) is 0 Å². The Morgan fingerprint density at radius 3 is 2.56 bits per heavy atom. The molecule has 0 aliphatic carbocycles. The van der Waals surface area contributed by atoms with Crippen LogP contribution in [-0.2, 0) is 6.54 Å². The number of hydrogen-bond donors (Lipinski definition) is 1. The van der Waals surface area contributed by atoms with Crippen LogP contribution in [0.25, 0.3) is 0 Å². The number of anilines is 1. The lowest BCUT2D eigenvalue weighted by Gasteiger charge is -2.04. The summed E-state index contributed by atoms with van der Waals surface area (Å²) in [5, 5.41) is 10.6. The molecule has 16 heavy (non-hydrogen) atoms. The summed E-state index contributed by atoms with van der Waals surface area (Å²) in [6, 6.07) is 7.83. The average Bonchev–Trinajstić information content (AvgIpc) is 2.73. The van der Waals surface area contributed by atoms with Gasteiger partial charge >= 0.3 is 0 Å². The standard InChI is InChI=1S/C11H13N3O2/c1-8-11(14-16-13-8)12-7-9-3-5-10(15-2)6-4-9/h3-6H,7H2,1-2H3,(H,12,14). The second-order valence-electron chi connectivity index (χ2n) is 3.40. The highest BCUT2D eigenvalue weighted by Gasteiger charge is 2.03. The molecule has 0 atom stereocenters. The quantitative estimate of drug-likeness (QED) is 0.852. The van der Waals surface area contributed by atoms with Gasteiger partial charge in [-0.15, -0.1) is 0 Å². The molecule has 1 heterocycles. The van der Waals surface area contributed by atoms with Gasteiger partial charge in [0.2, 0.25) is 0 Å². The summed E-state index contributed by atoms with van der Waals surface area (Å²) >= 11 is 0. The molecule has 0 aliphatic heterocycles. The van der Waals surface area contributed by atoms with E-state index in [2.05, 4.69) is 20.3 Å². The van der Waals surface area contributed by atoms with E-state index in [0.717, 1.165) is 17.0 Å². The minimum atomic E-state index is 0.677. The van der Waals surface area contributed by atoms with Crippen molar-refractivity contribution in [1.82, 2.24) is 10.3 Å². The Kier molecular flexibility index (Phi) is 3.05. The van der Waals surface area contributed by atoms with Crippen LogP contribution in [0, 0.1) is 6.92 Å². The molecule has 0 saturated carbocycles. The molecular formula is C11H13N3O2. The van der Waals surface area contributed by atoms with E-state index in [1.807, 2.05) is 31.2 Å². The lowest BCUT2D eigenvalue weighted by atomic mass is 10.2. The Morgan fingerprint density at radius 1 is 1.25 bits per heavy atom. The van der Waals surface area contributed by atoms with Crippen LogP contribution >= 0.6 is 0 Å². The van der Waals surface area contributed by atoms with Crippen molar-refractivity contribution in [2.75, 3.05) is 12.4 Å². The first-order valence-electron chi connectivity index (χ1n) is 4.95. The van der Waals surface area contributed by atoms with Crippen LogP contribution in [0.4, 0.5) is 5.82 Å². The number of methoxy groups -OCH3 is 1. The normalized spacial score (nSPS) is 10.1. The molecule has 0 radical (unpaired) electrons. The van der Waals surface area contributed by atoms with Gasteiger partial charge in [-0.25, -0.2) is 4.63 Å². The maximum Gasteiger partial charge on any atom is 0.194 e. The predicted molar refractivity (Wildman–Crippen MR) is 59.4 cm³/mol. The van der Waals surface area contributed by atoms with Crippen molar-refractivity contribution < 1.29 is 9.37 Å². The molecule has 1 N–H and O–H groups in total. The van der Waals surface area contributed by atoms with Crippen molar-refractivity contribution in [3.63, 3.8) is 0 Å². The van der Waals surface area contributed by atoms with Crippen molar-refractivity contribution in [2.45, 2.75) is 13.5 Å². The molecule has 0 aliphatic rings. The Morgan fingerprint density at radius 2 is 2.00 bits per heavy atom. The van der Waals surface area contributed by atoms with Gasteiger partial charge < -0.3 is 10.1 Å². The van der Waals surface area contributed by atoms with Gasteiger partial charge in [0.15, 0.2) is 5.82 Å². The predicted octanol–water partition coefficient (Wildman–Crippen LogP) is 2.00. The van der Waals surface area contributed by atoms with Gasteiger partial charge in [0.1, 0.15) is 11.4 Å². The maximum absolute atomic E-state index is 5.08. The van der Waals surface area contributed by atoms with Gasteiger partial charge in [-0.1, -0.05) is 17.3 Å². The molecule has 1 aromatic carbocycles.